The predicted octanol–water partition coefficient (Wildman–Crippen LogP) is -0.00340. The first-order valence-corrected chi connectivity index (χ1v) is 4.89. The minimum Gasteiger partial charge on any atom is -0.363 e. The largest absolute Gasteiger partial charge is 0.363 e. The molecule has 0 radical (unpaired) electrons. The summed E-state index contributed by atoms with van der Waals surface area (Å²) in [7, 11) is 0. The average Bonchev–Trinajstić information content (AvgIpc) is 2.05. The lowest BCUT2D eigenvalue weighted by Gasteiger charge is -2.07. The lowest BCUT2D eigenvalue weighted by atomic mass is 10.4. The van der Waals surface area contributed by atoms with E-state index in [1.807, 2.05) is 13.8 Å². The second-order valence-corrected chi connectivity index (χ2v) is 2.90. The molecule has 0 aliphatic heterocycles. The Bertz CT molecular complexity index is 155. The smallest absolute Gasteiger partial charge is 0.221 e. The number of nitrogens with one attached hydrogen (secondary N) is 3. The highest BCUT2D eigenvalue weighted by molar-refractivity contribution is 7.80. The van der Waals surface area contributed by atoms with Crippen molar-refractivity contribution in [3.8, 4) is 0 Å². The van der Waals surface area contributed by atoms with Gasteiger partial charge in [0.1, 0.15) is 0 Å². The zero-order valence-corrected chi connectivity index (χ0v) is 8.96. The van der Waals surface area contributed by atoms with Crippen molar-refractivity contribution < 1.29 is 4.79 Å². The van der Waals surface area contributed by atoms with E-state index in [2.05, 4.69) is 16.0 Å². The van der Waals surface area contributed by atoms with Crippen molar-refractivity contribution >= 4 is 23.2 Å². The monoisotopic (exact) mass is 203 g/mol. The Hall–Kier alpha value is -0.840. The number of carbonyl (C=O) groups excluding carboxylic acids is 1. The molecule has 0 unspecified atom stereocenters. The SMILES string of the molecule is CCNC(=O)CCNC(=S)NCC. The van der Waals surface area contributed by atoms with Gasteiger partial charge in [0.15, 0.2) is 5.11 Å². The van der Waals surface area contributed by atoms with Gasteiger partial charge in [0.25, 0.3) is 0 Å². The normalized spacial score (nSPS) is 9.08. The Kier molecular flexibility index (Phi) is 7.29. The van der Waals surface area contributed by atoms with Crippen LogP contribution in [0.2, 0.25) is 0 Å². The molecule has 0 fully saturated rings. The standard InChI is InChI=1S/C8H17N3OS/c1-3-9-7(12)5-6-11-8(13)10-4-2/h3-6H2,1-2H3,(H,9,12)(H2,10,11,13). The number of hydrogen-bond donors (Lipinski definition) is 3. The van der Waals surface area contributed by atoms with Gasteiger partial charge in [-0.05, 0) is 26.1 Å². The number of amides is 1. The fourth-order valence-electron chi connectivity index (χ4n) is 0.798. The Morgan fingerprint density at radius 3 is 2.31 bits per heavy atom. The fraction of sp³-hybridized carbons (Fsp3) is 0.750. The van der Waals surface area contributed by atoms with E-state index in [0.29, 0.717) is 24.6 Å². The second kappa shape index (κ2) is 7.79. The third-order valence-corrected chi connectivity index (χ3v) is 1.64. The zero-order valence-electron chi connectivity index (χ0n) is 8.14. The summed E-state index contributed by atoms with van der Waals surface area (Å²) >= 11 is 4.92. The Morgan fingerprint density at radius 2 is 1.77 bits per heavy atom. The molecule has 0 aliphatic rings. The first-order chi connectivity index (χ1) is 6.20. The van der Waals surface area contributed by atoms with E-state index in [1.54, 1.807) is 0 Å². The quantitative estimate of drug-likeness (QED) is 0.550. The van der Waals surface area contributed by atoms with Crippen LogP contribution in [0.25, 0.3) is 0 Å². The summed E-state index contributed by atoms with van der Waals surface area (Å²) in [5.74, 6) is 0.0503. The van der Waals surface area contributed by atoms with Gasteiger partial charge in [-0.15, -0.1) is 0 Å². The van der Waals surface area contributed by atoms with Crippen LogP contribution in [0.4, 0.5) is 0 Å². The van der Waals surface area contributed by atoms with Gasteiger partial charge in [0.05, 0.1) is 0 Å². The third kappa shape index (κ3) is 7.52. The Balaban J connectivity index is 3.33. The molecule has 0 heterocycles. The van der Waals surface area contributed by atoms with Crippen molar-refractivity contribution in [2.75, 3.05) is 19.6 Å². The minimum atomic E-state index is 0.0503. The van der Waals surface area contributed by atoms with Crippen LogP contribution in [0, 0.1) is 0 Å². The summed E-state index contributed by atoms with van der Waals surface area (Å²) in [6, 6.07) is 0. The molecule has 76 valence electrons. The molecule has 1 amide bonds. The van der Waals surface area contributed by atoms with Crippen LogP contribution in [0.1, 0.15) is 20.3 Å². The predicted molar refractivity (Wildman–Crippen MR) is 57.6 cm³/mol. The van der Waals surface area contributed by atoms with E-state index in [4.69, 9.17) is 12.2 Å². The molecule has 3 N–H and O–H groups in total. The molecule has 13 heavy (non-hydrogen) atoms. The van der Waals surface area contributed by atoms with Gasteiger partial charge >= 0.3 is 0 Å². The summed E-state index contributed by atoms with van der Waals surface area (Å²) < 4.78 is 0. The van der Waals surface area contributed by atoms with Gasteiger partial charge in [-0.3, -0.25) is 4.79 Å². The van der Waals surface area contributed by atoms with Crippen LogP contribution in [0.3, 0.4) is 0 Å². The number of hydrogen-bond acceptors (Lipinski definition) is 2. The van der Waals surface area contributed by atoms with Crippen LogP contribution in [-0.2, 0) is 4.79 Å². The van der Waals surface area contributed by atoms with Crippen LogP contribution in [0.15, 0.2) is 0 Å². The highest BCUT2D eigenvalue weighted by atomic mass is 32.1. The maximum Gasteiger partial charge on any atom is 0.221 e. The summed E-state index contributed by atoms with van der Waals surface area (Å²) in [6.07, 6.45) is 0.458. The molecule has 0 aromatic rings. The summed E-state index contributed by atoms with van der Waals surface area (Å²) in [4.78, 5) is 11.0. The van der Waals surface area contributed by atoms with Crippen molar-refractivity contribution in [3.63, 3.8) is 0 Å². The molecule has 0 bridgehead atoms. The molecule has 0 saturated heterocycles. The maximum atomic E-state index is 11.0. The zero-order chi connectivity index (χ0) is 10.1. The minimum absolute atomic E-state index is 0.0503. The van der Waals surface area contributed by atoms with Crippen molar-refractivity contribution in [1.82, 2.24) is 16.0 Å². The highest BCUT2D eigenvalue weighted by Crippen LogP contribution is 1.77. The molecule has 0 aliphatic carbocycles. The molecule has 5 heteroatoms. The van der Waals surface area contributed by atoms with Gasteiger partial charge in [0, 0.05) is 26.1 Å². The number of rotatable bonds is 5. The van der Waals surface area contributed by atoms with E-state index in [9.17, 15) is 4.79 Å². The highest BCUT2D eigenvalue weighted by Gasteiger charge is 1.98. The number of thiocarbonyl (C=S) groups is 1. The second-order valence-electron chi connectivity index (χ2n) is 2.49. The third-order valence-electron chi connectivity index (χ3n) is 1.35. The topological polar surface area (TPSA) is 53.2 Å². The Labute approximate surface area is 84.5 Å². The van der Waals surface area contributed by atoms with Crippen LogP contribution < -0.4 is 16.0 Å². The van der Waals surface area contributed by atoms with E-state index < -0.39 is 0 Å². The summed E-state index contributed by atoms with van der Waals surface area (Å²) in [5.41, 5.74) is 0. The molecular weight excluding hydrogens is 186 g/mol. The molecule has 4 nitrogen and oxygen atoms in total. The first-order valence-electron chi connectivity index (χ1n) is 4.49. The van der Waals surface area contributed by atoms with Crippen molar-refractivity contribution in [2.45, 2.75) is 20.3 Å². The molecule has 0 aromatic carbocycles. The van der Waals surface area contributed by atoms with Gasteiger partial charge in [0.2, 0.25) is 5.91 Å². The van der Waals surface area contributed by atoms with Crippen LogP contribution >= 0.6 is 12.2 Å². The molecular formula is C8H17N3OS. The molecule has 0 aromatic heterocycles. The van der Waals surface area contributed by atoms with Gasteiger partial charge in [-0.2, -0.15) is 0 Å². The molecule has 0 atom stereocenters. The van der Waals surface area contributed by atoms with Crippen molar-refractivity contribution in [2.24, 2.45) is 0 Å². The maximum absolute atomic E-state index is 11.0. The average molecular weight is 203 g/mol. The molecule has 0 spiro atoms. The van der Waals surface area contributed by atoms with Gasteiger partial charge in [-0.1, -0.05) is 0 Å². The number of carbonyl (C=O) groups is 1. The molecule has 0 rings (SSSR count). The lowest BCUT2D eigenvalue weighted by Crippen LogP contribution is -2.37. The van der Waals surface area contributed by atoms with E-state index in [0.717, 1.165) is 6.54 Å². The van der Waals surface area contributed by atoms with E-state index in [-0.39, 0.29) is 5.91 Å². The van der Waals surface area contributed by atoms with Crippen LogP contribution in [0.5, 0.6) is 0 Å². The fourth-order valence-corrected chi connectivity index (χ4v) is 1.04. The van der Waals surface area contributed by atoms with Gasteiger partial charge < -0.3 is 16.0 Å². The van der Waals surface area contributed by atoms with Crippen molar-refractivity contribution in [3.05, 3.63) is 0 Å². The molecule has 0 saturated carbocycles. The van der Waals surface area contributed by atoms with Crippen LogP contribution in [-0.4, -0.2) is 30.7 Å². The van der Waals surface area contributed by atoms with E-state index in [1.165, 1.54) is 0 Å². The van der Waals surface area contributed by atoms with Gasteiger partial charge in [-0.25, -0.2) is 0 Å². The lowest BCUT2D eigenvalue weighted by molar-refractivity contribution is -0.120. The summed E-state index contributed by atoms with van der Waals surface area (Å²) in [6.45, 7) is 5.92. The Morgan fingerprint density at radius 1 is 1.15 bits per heavy atom. The summed E-state index contributed by atoms with van der Waals surface area (Å²) in [5, 5.41) is 9.18. The van der Waals surface area contributed by atoms with Crippen molar-refractivity contribution in [1.29, 1.82) is 0 Å². The first kappa shape index (κ1) is 12.2. The van der Waals surface area contributed by atoms with E-state index >= 15 is 0 Å².